The minimum Gasteiger partial charge on any atom is -0.495 e. The summed E-state index contributed by atoms with van der Waals surface area (Å²) in [6.45, 7) is 3.91. The molecule has 2 rings (SSSR count). The third-order valence-corrected chi connectivity index (χ3v) is 3.94. The maximum atomic E-state index is 12.8. The average Bonchev–Trinajstić information content (AvgIpc) is 2.49. The first-order valence-electron chi connectivity index (χ1n) is 6.52. The molecule has 3 nitrogen and oxygen atoms in total. The van der Waals surface area contributed by atoms with E-state index in [1.54, 1.807) is 12.1 Å². The molecule has 0 bridgehead atoms. The lowest BCUT2D eigenvalue weighted by molar-refractivity contribution is 0.103. The lowest BCUT2D eigenvalue weighted by Gasteiger charge is -2.14. The third kappa shape index (κ3) is 2.74. The molecule has 0 N–H and O–H groups in total. The Morgan fingerprint density at radius 3 is 2.33 bits per heavy atom. The Bertz CT molecular complexity index is 693. The number of hydrogen-bond acceptors (Lipinski definition) is 3. The predicted molar refractivity (Wildman–Crippen MR) is 83.9 cm³/mol. The summed E-state index contributed by atoms with van der Waals surface area (Å²) in [6.07, 6.45) is 0. The fourth-order valence-electron chi connectivity index (χ4n) is 2.22. The highest BCUT2D eigenvalue weighted by molar-refractivity contribution is 6.34. The normalized spacial score (nSPS) is 10.3. The van der Waals surface area contributed by atoms with Crippen LogP contribution in [0.1, 0.15) is 27.0 Å². The molecular weight excluding hydrogens is 288 g/mol. The highest BCUT2D eigenvalue weighted by Crippen LogP contribution is 2.38. The Balaban J connectivity index is 2.59. The Morgan fingerprint density at radius 2 is 1.71 bits per heavy atom. The molecule has 0 spiro atoms. The summed E-state index contributed by atoms with van der Waals surface area (Å²) in [5.74, 6) is 0.700. The van der Waals surface area contributed by atoms with Crippen molar-refractivity contribution < 1.29 is 14.3 Å². The maximum Gasteiger partial charge on any atom is 0.197 e. The van der Waals surface area contributed by atoms with Crippen molar-refractivity contribution >= 4 is 17.4 Å². The number of rotatable bonds is 4. The quantitative estimate of drug-likeness (QED) is 0.794. The largest absolute Gasteiger partial charge is 0.495 e. The molecule has 0 radical (unpaired) electrons. The monoisotopic (exact) mass is 304 g/mol. The fourth-order valence-corrected chi connectivity index (χ4v) is 2.54. The molecule has 110 valence electrons. The van der Waals surface area contributed by atoms with Gasteiger partial charge in [-0.1, -0.05) is 29.8 Å². The third-order valence-electron chi connectivity index (χ3n) is 3.58. The number of carbonyl (C=O) groups excluding carboxylic acids is 1. The second-order valence-electron chi connectivity index (χ2n) is 4.74. The highest BCUT2D eigenvalue weighted by Gasteiger charge is 2.21. The number of halogens is 1. The summed E-state index contributed by atoms with van der Waals surface area (Å²) in [4.78, 5) is 12.8. The minimum absolute atomic E-state index is 0.113. The second kappa shape index (κ2) is 6.19. The Labute approximate surface area is 129 Å². The first kappa shape index (κ1) is 15.4. The molecule has 0 unspecified atom stereocenters. The van der Waals surface area contributed by atoms with Crippen LogP contribution in [0.25, 0.3) is 0 Å². The van der Waals surface area contributed by atoms with E-state index < -0.39 is 0 Å². The van der Waals surface area contributed by atoms with E-state index in [4.69, 9.17) is 21.1 Å². The SMILES string of the molecule is COc1ccc(C(=O)c2cccc(C)c2C)c(OC)c1Cl. The molecule has 4 heteroatoms. The van der Waals surface area contributed by atoms with E-state index in [0.29, 0.717) is 27.6 Å². The average molecular weight is 305 g/mol. The van der Waals surface area contributed by atoms with Crippen molar-refractivity contribution in [1.29, 1.82) is 0 Å². The minimum atomic E-state index is -0.113. The zero-order chi connectivity index (χ0) is 15.6. The molecule has 0 aliphatic rings. The smallest absolute Gasteiger partial charge is 0.197 e. The van der Waals surface area contributed by atoms with Crippen molar-refractivity contribution in [1.82, 2.24) is 0 Å². The summed E-state index contributed by atoms with van der Waals surface area (Å²) in [6, 6.07) is 9.00. The van der Waals surface area contributed by atoms with Gasteiger partial charge >= 0.3 is 0 Å². The van der Waals surface area contributed by atoms with Crippen LogP contribution in [0.4, 0.5) is 0 Å². The lowest BCUT2D eigenvalue weighted by Crippen LogP contribution is -2.07. The van der Waals surface area contributed by atoms with Crippen molar-refractivity contribution in [3.63, 3.8) is 0 Å². The molecule has 0 saturated heterocycles. The van der Waals surface area contributed by atoms with Crippen LogP contribution in [0.3, 0.4) is 0 Å². The predicted octanol–water partition coefficient (Wildman–Crippen LogP) is 4.21. The van der Waals surface area contributed by atoms with E-state index in [-0.39, 0.29) is 5.78 Å². The Kier molecular flexibility index (Phi) is 4.53. The van der Waals surface area contributed by atoms with E-state index in [2.05, 4.69) is 0 Å². The van der Waals surface area contributed by atoms with Crippen LogP contribution < -0.4 is 9.47 Å². The first-order valence-corrected chi connectivity index (χ1v) is 6.90. The first-order chi connectivity index (χ1) is 10.0. The van der Waals surface area contributed by atoms with Gasteiger partial charge in [-0.3, -0.25) is 4.79 Å². The van der Waals surface area contributed by atoms with Crippen LogP contribution in [0.2, 0.25) is 5.02 Å². The van der Waals surface area contributed by atoms with E-state index in [9.17, 15) is 4.79 Å². The number of aryl methyl sites for hydroxylation is 1. The van der Waals surface area contributed by atoms with E-state index in [0.717, 1.165) is 11.1 Å². The summed E-state index contributed by atoms with van der Waals surface area (Å²) in [5.41, 5.74) is 3.10. The molecule has 2 aromatic rings. The molecule has 0 aromatic heterocycles. The van der Waals surface area contributed by atoms with Crippen LogP contribution in [-0.4, -0.2) is 20.0 Å². The summed E-state index contributed by atoms with van der Waals surface area (Å²) in [7, 11) is 3.01. The van der Waals surface area contributed by atoms with E-state index in [1.165, 1.54) is 14.2 Å². The van der Waals surface area contributed by atoms with Gasteiger partial charge in [0.15, 0.2) is 11.5 Å². The Hall–Kier alpha value is -2.00. The number of ketones is 1. The number of hydrogen-bond donors (Lipinski definition) is 0. The fraction of sp³-hybridized carbons (Fsp3) is 0.235. The molecule has 0 atom stereocenters. The molecule has 0 heterocycles. The van der Waals surface area contributed by atoms with Gasteiger partial charge < -0.3 is 9.47 Å². The molecule has 0 amide bonds. The highest BCUT2D eigenvalue weighted by atomic mass is 35.5. The zero-order valence-corrected chi connectivity index (χ0v) is 13.2. The van der Waals surface area contributed by atoms with Crippen molar-refractivity contribution in [2.45, 2.75) is 13.8 Å². The number of benzene rings is 2. The van der Waals surface area contributed by atoms with Crippen LogP contribution >= 0.6 is 11.6 Å². The molecule has 21 heavy (non-hydrogen) atoms. The van der Waals surface area contributed by atoms with Crippen LogP contribution in [0.5, 0.6) is 11.5 Å². The molecule has 0 aliphatic heterocycles. The molecule has 0 saturated carbocycles. The van der Waals surface area contributed by atoms with Gasteiger partial charge in [-0.25, -0.2) is 0 Å². The van der Waals surface area contributed by atoms with Gasteiger partial charge in [0.25, 0.3) is 0 Å². The van der Waals surface area contributed by atoms with Gasteiger partial charge in [0.2, 0.25) is 0 Å². The van der Waals surface area contributed by atoms with Gasteiger partial charge in [-0.05, 0) is 37.1 Å². The molecular formula is C17H17ClO3. The summed E-state index contributed by atoms with van der Waals surface area (Å²) < 4.78 is 10.4. The molecule has 0 fully saturated rings. The number of ether oxygens (including phenoxy) is 2. The number of methoxy groups -OCH3 is 2. The Morgan fingerprint density at radius 1 is 1.00 bits per heavy atom. The number of carbonyl (C=O) groups is 1. The van der Waals surface area contributed by atoms with Crippen LogP contribution in [0.15, 0.2) is 30.3 Å². The van der Waals surface area contributed by atoms with Crippen LogP contribution in [-0.2, 0) is 0 Å². The van der Waals surface area contributed by atoms with Crippen molar-refractivity contribution in [2.24, 2.45) is 0 Å². The summed E-state index contributed by atoms with van der Waals surface area (Å²) >= 11 is 6.21. The lowest BCUT2D eigenvalue weighted by atomic mass is 9.95. The topological polar surface area (TPSA) is 35.5 Å². The second-order valence-corrected chi connectivity index (χ2v) is 5.12. The summed E-state index contributed by atoms with van der Waals surface area (Å²) in [5, 5.41) is 0.302. The van der Waals surface area contributed by atoms with Crippen molar-refractivity contribution in [2.75, 3.05) is 14.2 Å². The van der Waals surface area contributed by atoms with Gasteiger partial charge in [0.05, 0.1) is 19.8 Å². The van der Waals surface area contributed by atoms with Gasteiger partial charge in [-0.15, -0.1) is 0 Å². The van der Waals surface area contributed by atoms with Gasteiger partial charge in [-0.2, -0.15) is 0 Å². The van der Waals surface area contributed by atoms with Crippen molar-refractivity contribution in [3.8, 4) is 11.5 Å². The van der Waals surface area contributed by atoms with Crippen molar-refractivity contribution in [3.05, 3.63) is 57.6 Å². The van der Waals surface area contributed by atoms with Gasteiger partial charge in [0.1, 0.15) is 10.8 Å². The van der Waals surface area contributed by atoms with Crippen LogP contribution in [0, 0.1) is 13.8 Å². The standard InChI is InChI=1S/C17H17ClO3/c1-10-6-5-7-12(11(10)2)16(19)13-8-9-14(20-3)15(18)17(13)21-4/h5-9H,1-4H3. The molecule has 0 aliphatic carbocycles. The molecule has 2 aromatic carbocycles. The van der Waals surface area contributed by atoms with E-state index in [1.807, 2.05) is 32.0 Å². The van der Waals surface area contributed by atoms with E-state index >= 15 is 0 Å². The maximum absolute atomic E-state index is 12.8. The zero-order valence-electron chi connectivity index (χ0n) is 12.5. The van der Waals surface area contributed by atoms with Gasteiger partial charge in [0, 0.05) is 5.56 Å².